The first-order chi connectivity index (χ1) is 9.41. The van der Waals surface area contributed by atoms with Gasteiger partial charge >= 0.3 is 6.18 Å². The predicted octanol–water partition coefficient (Wildman–Crippen LogP) is 3.79. The summed E-state index contributed by atoms with van der Waals surface area (Å²) >= 11 is 0. The van der Waals surface area contributed by atoms with Crippen molar-refractivity contribution in [3.63, 3.8) is 0 Å². The van der Waals surface area contributed by atoms with E-state index in [1.165, 1.54) is 12.1 Å². The molecule has 2 N–H and O–H groups in total. The second-order valence-electron chi connectivity index (χ2n) is 5.57. The summed E-state index contributed by atoms with van der Waals surface area (Å²) in [6.07, 6.45) is -1.14. The highest BCUT2D eigenvalue weighted by atomic mass is 19.4. The number of alkyl halides is 3. The molecule has 1 aliphatic rings. The van der Waals surface area contributed by atoms with Crippen LogP contribution in [0.2, 0.25) is 0 Å². The van der Waals surface area contributed by atoms with Crippen LogP contribution in [0, 0.1) is 5.92 Å². The normalized spacial score (nSPS) is 20.9. The Labute approximate surface area is 117 Å². The molecule has 1 atom stereocenters. The van der Waals surface area contributed by atoms with Crippen molar-refractivity contribution in [2.45, 2.75) is 38.9 Å². The molecule has 1 heterocycles. The maximum absolute atomic E-state index is 13.1. The molecule has 0 bridgehead atoms. The Morgan fingerprint density at radius 3 is 2.65 bits per heavy atom. The quantitative estimate of drug-likeness (QED) is 0.896. The fraction of sp³-hybridized carbons (Fsp3) is 0.600. The Hall–Kier alpha value is -1.23. The fourth-order valence-corrected chi connectivity index (χ4v) is 2.72. The SMILES string of the molecule is CC1CCCN(c2ccc(CN)c(C(F)(F)F)c2)CC1. The highest BCUT2D eigenvalue weighted by Gasteiger charge is 2.33. The number of rotatable bonds is 2. The van der Waals surface area contributed by atoms with Crippen LogP contribution in [-0.4, -0.2) is 13.1 Å². The topological polar surface area (TPSA) is 29.3 Å². The van der Waals surface area contributed by atoms with E-state index in [4.69, 9.17) is 5.73 Å². The number of benzene rings is 1. The lowest BCUT2D eigenvalue weighted by molar-refractivity contribution is -0.138. The predicted molar refractivity (Wildman–Crippen MR) is 74.6 cm³/mol. The van der Waals surface area contributed by atoms with Crippen LogP contribution in [0.3, 0.4) is 0 Å². The monoisotopic (exact) mass is 286 g/mol. The summed E-state index contributed by atoms with van der Waals surface area (Å²) in [5.74, 6) is 0.644. The smallest absolute Gasteiger partial charge is 0.372 e. The van der Waals surface area contributed by atoms with Crippen molar-refractivity contribution in [2.75, 3.05) is 18.0 Å². The van der Waals surface area contributed by atoms with Gasteiger partial charge in [-0.3, -0.25) is 0 Å². The van der Waals surface area contributed by atoms with E-state index in [1.54, 1.807) is 6.07 Å². The highest BCUT2D eigenvalue weighted by Crippen LogP contribution is 2.35. The fourth-order valence-electron chi connectivity index (χ4n) is 2.72. The van der Waals surface area contributed by atoms with Gasteiger partial charge in [0.15, 0.2) is 0 Å². The average molecular weight is 286 g/mol. The second kappa shape index (κ2) is 6.04. The summed E-state index contributed by atoms with van der Waals surface area (Å²) in [5.41, 5.74) is 5.62. The molecule has 0 aliphatic carbocycles. The third-order valence-corrected chi connectivity index (χ3v) is 4.00. The number of hydrogen-bond acceptors (Lipinski definition) is 2. The Morgan fingerprint density at radius 1 is 1.25 bits per heavy atom. The Balaban J connectivity index is 2.28. The average Bonchev–Trinajstić information content (AvgIpc) is 2.62. The van der Waals surface area contributed by atoms with E-state index in [0.29, 0.717) is 11.6 Å². The van der Waals surface area contributed by atoms with Crippen molar-refractivity contribution in [1.29, 1.82) is 0 Å². The zero-order valence-corrected chi connectivity index (χ0v) is 11.7. The Morgan fingerprint density at radius 2 is 2.00 bits per heavy atom. The van der Waals surface area contributed by atoms with Crippen molar-refractivity contribution in [3.05, 3.63) is 29.3 Å². The minimum atomic E-state index is -4.34. The van der Waals surface area contributed by atoms with E-state index in [1.807, 2.05) is 0 Å². The van der Waals surface area contributed by atoms with Crippen LogP contribution in [0.1, 0.15) is 37.3 Å². The summed E-state index contributed by atoms with van der Waals surface area (Å²) in [6, 6.07) is 4.51. The summed E-state index contributed by atoms with van der Waals surface area (Å²) in [4.78, 5) is 2.05. The molecule has 2 rings (SSSR count). The first-order valence-electron chi connectivity index (χ1n) is 7.07. The van der Waals surface area contributed by atoms with Crippen molar-refractivity contribution in [2.24, 2.45) is 11.7 Å². The van der Waals surface area contributed by atoms with Crippen molar-refractivity contribution < 1.29 is 13.2 Å². The summed E-state index contributed by atoms with van der Waals surface area (Å²) < 4.78 is 39.2. The lowest BCUT2D eigenvalue weighted by atomic mass is 10.0. The van der Waals surface area contributed by atoms with Gasteiger partial charge in [0, 0.05) is 25.3 Å². The minimum Gasteiger partial charge on any atom is -0.372 e. The van der Waals surface area contributed by atoms with Crippen LogP contribution < -0.4 is 10.6 Å². The maximum atomic E-state index is 13.1. The molecule has 0 amide bonds. The van der Waals surface area contributed by atoms with Crippen LogP contribution in [0.4, 0.5) is 18.9 Å². The van der Waals surface area contributed by atoms with Gasteiger partial charge in [0.25, 0.3) is 0 Å². The molecule has 5 heteroatoms. The van der Waals surface area contributed by atoms with E-state index < -0.39 is 11.7 Å². The van der Waals surface area contributed by atoms with Crippen molar-refractivity contribution in [1.82, 2.24) is 0 Å². The van der Waals surface area contributed by atoms with Gasteiger partial charge in [-0.05, 0) is 42.9 Å². The summed E-state index contributed by atoms with van der Waals surface area (Å²) in [7, 11) is 0. The minimum absolute atomic E-state index is 0.0911. The Kier molecular flexibility index (Phi) is 4.58. The molecule has 0 aromatic heterocycles. The summed E-state index contributed by atoms with van der Waals surface area (Å²) in [6.45, 7) is 3.75. The van der Waals surface area contributed by atoms with Crippen molar-refractivity contribution >= 4 is 5.69 Å². The van der Waals surface area contributed by atoms with Crippen LogP contribution in [0.25, 0.3) is 0 Å². The van der Waals surface area contributed by atoms with Gasteiger partial charge in [0.2, 0.25) is 0 Å². The largest absolute Gasteiger partial charge is 0.416 e. The number of nitrogens with two attached hydrogens (primary N) is 1. The van der Waals surface area contributed by atoms with Gasteiger partial charge in [-0.15, -0.1) is 0 Å². The first-order valence-corrected chi connectivity index (χ1v) is 7.07. The molecule has 20 heavy (non-hydrogen) atoms. The molecular formula is C15H21F3N2. The van der Waals surface area contributed by atoms with Gasteiger partial charge < -0.3 is 10.6 Å². The van der Waals surface area contributed by atoms with Gasteiger partial charge in [-0.2, -0.15) is 13.2 Å². The molecule has 1 aromatic rings. The second-order valence-corrected chi connectivity index (χ2v) is 5.57. The Bertz CT molecular complexity index is 457. The van der Waals surface area contributed by atoms with Crippen LogP contribution in [-0.2, 0) is 12.7 Å². The summed E-state index contributed by atoms with van der Waals surface area (Å²) in [5, 5.41) is 0. The molecule has 2 nitrogen and oxygen atoms in total. The number of hydrogen-bond donors (Lipinski definition) is 1. The first kappa shape index (κ1) is 15.2. The van der Waals surface area contributed by atoms with E-state index in [2.05, 4.69) is 11.8 Å². The molecular weight excluding hydrogens is 265 g/mol. The number of halogens is 3. The molecule has 1 aromatic carbocycles. The van der Waals surface area contributed by atoms with Crippen LogP contribution in [0.5, 0.6) is 0 Å². The third kappa shape index (κ3) is 3.45. The zero-order chi connectivity index (χ0) is 14.8. The van der Waals surface area contributed by atoms with Crippen molar-refractivity contribution in [3.8, 4) is 0 Å². The number of anilines is 1. The van der Waals surface area contributed by atoms with E-state index in [-0.39, 0.29) is 12.1 Å². The highest BCUT2D eigenvalue weighted by molar-refractivity contribution is 5.52. The van der Waals surface area contributed by atoms with Gasteiger partial charge in [0.1, 0.15) is 0 Å². The number of nitrogens with zero attached hydrogens (tertiary/aromatic N) is 1. The maximum Gasteiger partial charge on any atom is 0.416 e. The molecule has 1 unspecified atom stereocenters. The zero-order valence-electron chi connectivity index (χ0n) is 11.7. The van der Waals surface area contributed by atoms with E-state index in [0.717, 1.165) is 32.4 Å². The van der Waals surface area contributed by atoms with E-state index in [9.17, 15) is 13.2 Å². The van der Waals surface area contributed by atoms with Gasteiger partial charge in [-0.1, -0.05) is 13.0 Å². The lowest BCUT2D eigenvalue weighted by Gasteiger charge is -2.24. The molecule has 1 aliphatic heterocycles. The lowest BCUT2D eigenvalue weighted by Crippen LogP contribution is -2.25. The van der Waals surface area contributed by atoms with Gasteiger partial charge in [0.05, 0.1) is 5.56 Å². The molecule has 0 spiro atoms. The molecule has 1 fully saturated rings. The molecule has 0 radical (unpaired) electrons. The standard InChI is InChI=1S/C15H21F3N2/c1-11-3-2-7-20(8-6-11)13-5-4-12(10-19)14(9-13)15(16,17)18/h4-5,9,11H,2-3,6-8,10,19H2,1H3. The van der Waals surface area contributed by atoms with Gasteiger partial charge in [-0.25, -0.2) is 0 Å². The molecule has 112 valence electrons. The van der Waals surface area contributed by atoms with Crippen LogP contribution in [0.15, 0.2) is 18.2 Å². The molecule has 0 saturated carbocycles. The third-order valence-electron chi connectivity index (χ3n) is 4.00. The molecule has 1 saturated heterocycles. The van der Waals surface area contributed by atoms with E-state index >= 15 is 0 Å². The van der Waals surface area contributed by atoms with Crippen LogP contribution >= 0.6 is 0 Å².